The van der Waals surface area contributed by atoms with Gasteiger partial charge in [-0.1, -0.05) is 0 Å². The number of carboxylic acid groups (broad SMARTS) is 3. The standard InChI is InChI=1S/C44H70N8O25S/c1-18(55)48-31-23(59)12-43(40(68)69,74-25(31)14-47-51-29(61)7-8-52-30(62)10-27(38(52)65)78-9-5-6-28(45)46-4)73-17-21(15-53)34(63)36-33(50-20(3)57)24(60)13-44(77-36,41(70)71)75-26(16-54)35(64)37-32(49-19(2)56)22(58)11-42(72,76-37)39(66)67/h14,21-28,31-37,46,53-54,58-60,63-64,72H,5-13,15-17,45H2,1-4H3,(H,48,55)(H,49,56)(H,50,57)(H,51,61)(H,66,67)(H,68,69)(H,70,71)/p+1/b47-14+. The molecule has 0 aromatic heterocycles. The van der Waals surface area contributed by atoms with Crippen molar-refractivity contribution in [2.45, 2.75) is 168 Å². The van der Waals surface area contributed by atoms with E-state index in [1.165, 1.54) is 11.8 Å². The average Bonchev–Trinajstić information content (AvgIpc) is 3.64. The predicted molar refractivity (Wildman–Crippen MR) is 257 cm³/mol. The minimum atomic E-state index is -3.29. The van der Waals surface area contributed by atoms with E-state index in [4.69, 9.17) is 23.7 Å². The van der Waals surface area contributed by atoms with Crippen LogP contribution in [0.4, 0.5) is 0 Å². The van der Waals surface area contributed by atoms with Gasteiger partial charge in [-0.2, -0.15) is 5.10 Å². The van der Waals surface area contributed by atoms with E-state index < -0.39 is 200 Å². The van der Waals surface area contributed by atoms with Gasteiger partial charge in [0.25, 0.3) is 17.4 Å². The number of aliphatic hydroxyl groups is 8. The second kappa shape index (κ2) is 28.3. The summed E-state index contributed by atoms with van der Waals surface area (Å²) in [4.78, 5) is 114. The number of amides is 6. The van der Waals surface area contributed by atoms with Crippen LogP contribution >= 0.6 is 11.8 Å². The lowest BCUT2D eigenvalue weighted by Crippen LogP contribution is -2.70. The van der Waals surface area contributed by atoms with Gasteiger partial charge in [-0.15, -0.1) is 11.8 Å². The Hall–Kier alpha value is -5.15. The van der Waals surface area contributed by atoms with Crippen LogP contribution in [0.1, 0.15) is 65.7 Å². The average molecular weight is 1140 g/mol. The zero-order valence-corrected chi connectivity index (χ0v) is 43.7. The summed E-state index contributed by atoms with van der Waals surface area (Å²) >= 11 is 1.31. The van der Waals surface area contributed by atoms with Crippen LogP contribution in [0.5, 0.6) is 0 Å². The van der Waals surface area contributed by atoms with Gasteiger partial charge in [0, 0.05) is 71.8 Å². The third-order valence-corrected chi connectivity index (χ3v) is 14.5. The summed E-state index contributed by atoms with van der Waals surface area (Å²) in [6.45, 7) is -1.06. The molecule has 4 aliphatic rings. The van der Waals surface area contributed by atoms with Crippen LogP contribution in [-0.4, -0.2) is 262 Å². The number of hydrogen-bond donors (Lipinski definition) is 17. The third-order valence-electron chi connectivity index (χ3n) is 13.3. The van der Waals surface area contributed by atoms with Crippen LogP contribution in [0.25, 0.3) is 0 Å². The highest BCUT2D eigenvalue weighted by Gasteiger charge is 2.60. The van der Waals surface area contributed by atoms with Gasteiger partial charge in [0.1, 0.15) is 36.7 Å². The monoisotopic (exact) mass is 1140 g/mol. The zero-order chi connectivity index (χ0) is 58.6. The second-order valence-corrected chi connectivity index (χ2v) is 20.5. The molecule has 18 atom stereocenters. The Bertz CT molecular complexity index is 2200. The molecule has 4 saturated heterocycles. The molecule has 4 rings (SSSR count). The van der Waals surface area contributed by atoms with Crippen LogP contribution in [-0.2, 0) is 66.8 Å². The van der Waals surface area contributed by atoms with Crippen molar-refractivity contribution in [3.05, 3.63) is 0 Å². The number of carbonyl (C=O) groups excluding carboxylic acids is 6. The van der Waals surface area contributed by atoms with E-state index in [1.807, 2.05) is 0 Å². The molecule has 4 heterocycles. The Kier molecular flexibility index (Phi) is 23.7. The first-order valence-corrected chi connectivity index (χ1v) is 25.5. The molecule has 78 heavy (non-hydrogen) atoms. The minimum absolute atomic E-state index is 0.0210. The molecule has 6 amide bonds. The van der Waals surface area contributed by atoms with Gasteiger partial charge >= 0.3 is 17.9 Å². The number of aliphatic carboxylic acids is 3. The van der Waals surface area contributed by atoms with Gasteiger partial charge < -0.3 is 102 Å². The number of rotatable bonds is 28. The molecule has 19 N–H and O–H groups in total. The van der Waals surface area contributed by atoms with E-state index in [0.717, 1.165) is 44.7 Å². The molecule has 0 aliphatic carbocycles. The molecule has 0 radical (unpaired) electrons. The molecular weight excluding hydrogens is 1070 g/mol. The fourth-order valence-electron chi connectivity index (χ4n) is 9.13. The number of imide groups is 1. The number of likely N-dealkylation sites (tertiary alicyclic amines) is 1. The summed E-state index contributed by atoms with van der Waals surface area (Å²) in [6, 6.07) is -5.02. The Morgan fingerprint density at radius 1 is 0.808 bits per heavy atom. The molecule has 4 fully saturated rings. The van der Waals surface area contributed by atoms with Crippen LogP contribution in [0.15, 0.2) is 5.10 Å². The van der Waals surface area contributed by atoms with Crippen molar-refractivity contribution in [3.8, 4) is 0 Å². The van der Waals surface area contributed by atoms with Gasteiger partial charge in [0.2, 0.25) is 35.4 Å². The predicted octanol–water partition coefficient (Wildman–Crippen LogP) is -9.07. The van der Waals surface area contributed by atoms with Crippen molar-refractivity contribution in [2.24, 2.45) is 11.0 Å². The summed E-state index contributed by atoms with van der Waals surface area (Å²) in [5.74, 6) is -21.2. The van der Waals surface area contributed by atoms with Gasteiger partial charge in [-0.25, -0.2) is 19.8 Å². The highest BCUT2D eigenvalue weighted by molar-refractivity contribution is 8.00. The SMILES string of the molecule is CNC([NH3+])CCCSC1CC(=O)N(CCC(=O)N/N=C/C2OC(OCC(CO)C(O)C3OC(OC(CO)C(O)C4OC(O)(C(=O)O)CC(O)C4NC(C)=O)(C(=O)O)CC(O)C3NC(C)=O)(C(=O)O)CC(O)C2NC(C)=O)C1=O. The third kappa shape index (κ3) is 16.3. The number of hydrazone groups is 1. The lowest BCUT2D eigenvalue weighted by molar-refractivity contribution is -0.429. The van der Waals surface area contributed by atoms with Crippen LogP contribution in [0.2, 0.25) is 0 Å². The van der Waals surface area contributed by atoms with E-state index in [9.17, 15) is 99.3 Å². The number of nitrogens with one attached hydrogen (secondary N) is 5. The molecule has 0 spiro atoms. The number of nitrogens with zero attached hydrogens (tertiary/aromatic N) is 2. The molecule has 442 valence electrons. The molecular formula is C44H71N8O25S+. The summed E-state index contributed by atoms with van der Waals surface area (Å²) in [7, 11) is 1.77. The quantitative estimate of drug-likeness (QED) is 0.0114. The van der Waals surface area contributed by atoms with Gasteiger partial charge in [-0.3, -0.25) is 39.0 Å². The Labute approximate surface area is 448 Å². The number of aliphatic hydroxyl groups excluding tert-OH is 7. The van der Waals surface area contributed by atoms with Crippen molar-refractivity contribution in [1.82, 2.24) is 31.6 Å². The lowest BCUT2D eigenvalue weighted by atomic mass is 9.85. The number of carboxylic acids is 3. The summed E-state index contributed by atoms with van der Waals surface area (Å²) < 4.78 is 28.0. The van der Waals surface area contributed by atoms with Gasteiger partial charge in [0.05, 0.1) is 73.8 Å². The smallest absolute Gasteiger partial charge is 0.364 e. The highest BCUT2D eigenvalue weighted by Crippen LogP contribution is 2.39. The fourth-order valence-corrected chi connectivity index (χ4v) is 10.3. The molecule has 4 aliphatic heterocycles. The topological polar surface area (TPSA) is 526 Å². The Balaban J connectivity index is 1.55. The molecule has 34 heteroatoms. The summed E-state index contributed by atoms with van der Waals surface area (Å²) in [5.41, 5.74) is 6.05. The lowest BCUT2D eigenvalue weighted by Gasteiger charge is -2.49. The van der Waals surface area contributed by atoms with E-state index in [-0.39, 0.29) is 19.1 Å². The van der Waals surface area contributed by atoms with Crippen molar-refractivity contribution in [2.75, 3.05) is 39.2 Å². The number of carbonyl (C=O) groups is 9. The van der Waals surface area contributed by atoms with E-state index in [1.54, 1.807) is 7.05 Å². The van der Waals surface area contributed by atoms with Crippen LogP contribution < -0.4 is 32.4 Å². The van der Waals surface area contributed by atoms with Crippen LogP contribution in [0, 0.1) is 5.92 Å². The van der Waals surface area contributed by atoms with Crippen molar-refractivity contribution >= 4 is 71.3 Å². The summed E-state index contributed by atoms with van der Waals surface area (Å²) in [5, 5.41) is 132. The maximum Gasteiger partial charge on any atom is 0.364 e. The molecule has 0 aromatic carbocycles. The van der Waals surface area contributed by atoms with Crippen molar-refractivity contribution in [3.63, 3.8) is 0 Å². The Morgan fingerprint density at radius 3 is 1.90 bits per heavy atom. The zero-order valence-electron chi connectivity index (χ0n) is 42.9. The number of thioether (sulfide) groups is 1. The van der Waals surface area contributed by atoms with Crippen LogP contribution in [0.3, 0.4) is 0 Å². The Morgan fingerprint density at radius 2 is 1.36 bits per heavy atom. The van der Waals surface area contributed by atoms with Gasteiger partial charge in [0.15, 0.2) is 0 Å². The molecule has 0 aromatic rings. The van der Waals surface area contributed by atoms with Gasteiger partial charge in [-0.05, 0) is 19.2 Å². The van der Waals surface area contributed by atoms with E-state index in [0.29, 0.717) is 5.75 Å². The molecule has 0 saturated carbocycles. The van der Waals surface area contributed by atoms with Crippen molar-refractivity contribution < 1.29 is 129 Å². The van der Waals surface area contributed by atoms with E-state index in [2.05, 4.69) is 37.5 Å². The summed E-state index contributed by atoms with van der Waals surface area (Å²) in [6.07, 6.45) is -20.6. The maximum atomic E-state index is 13.2. The minimum Gasteiger partial charge on any atom is -0.477 e. The van der Waals surface area contributed by atoms with Crippen molar-refractivity contribution in [1.29, 1.82) is 0 Å². The maximum absolute atomic E-state index is 13.2. The normalized spacial score (nSPS) is 33.3. The molecule has 0 bridgehead atoms. The highest BCUT2D eigenvalue weighted by atomic mass is 32.2. The first-order chi connectivity index (χ1) is 36.5. The number of ether oxygens (including phenoxy) is 5. The first kappa shape index (κ1) is 65.4. The second-order valence-electron chi connectivity index (χ2n) is 19.2. The molecule has 33 nitrogen and oxygen atoms in total. The fraction of sp³-hybridized carbons (Fsp3) is 0.773. The number of quaternary nitrogens is 1. The van der Waals surface area contributed by atoms with E-state index >= 15 is 0 Å². The largest absolute Gasteiger partial charge is 0.477 e. The first-order valence-electron chi connectivity index (χ1n) is 24.5. The molecule has 18 unspecified atom stereocenters. The number of hydrogen-bond acceptors (Lipinski definition) is 25.